The number of pyridine rings is 2. The number of aromatic nitrogens is 2. The Morgan fingerprint density at radius 1 is 1.20 bits per heavy atom. The first-order valence-corrected chi connectivity index (χ1v) is 7.27. The number of benzene rings is 1. The number of halogens is 2. The first-order valence-electron chi connectivity index (χ1n) is 6.10. The SMILES string of the molecule is Clc1ncc(Br)cc1NCc1cccc2cnccc12. The average molecular weight is 349 g/mol. The topological polar surface area (TPSA) is 37.8 Å². The number of hydrogen-bond donors (Lipinski definition) is 1. The summed E-state index contributed by atoms with van der Waals surface area (Å²) in [5, 5.41) is 6.10. The summed E-state index contributed by atoms with van der Waals surface area (Å²) >= 11 is 9.47. The molecule has 0 radical (unpaired) electrons. The number of nitrogens with zero attached hydrogens (tertiary/aromatic N) is 2. The van der Waals surface area contributed by atoms with Gasteiger partial charge in [-0.1, -0.05) is 29.8 Å². The molecule has 0 amide bonds. The molecule has 1 aromatic carbocycles. The van der Waals surface area contributed by atoms with Gasteiger partial charge in [-0.05, 0) is 39.0 Å². The summed E-state index contributed by atoms with van der Waals surface area (Å²) in [6.45, 7) is 0.680. The molecule has 0 atom stereocenters. The van der Waals surface area contributed by atoms with Crippen LogP contribution >= 0.6 is 27.5 Å². The van der Waals surface area contributed by atoms with E-state index in [9.17, 15) is 0 Å². The molecular weight excluding hydrogens is 338 g/mol. The zero-order valence-electron chi connectivity index (χ0n) is 10.5. The first kappa shape index (κ1) is 13.3. The highest BCUT2D eigenvalue weighted by molar-refractivity contribution is 9.10. The summed E-state index contributed by atoms with van der Waals surface area (Å²) in [7, 11) is 0. The van der Waals surface area contributed by atoms with Gasteiger partial charge in [0.05, 0.1) is 5.69 Å². The zero-order chi connectivity index (χ0) is 13.9. The molecule has 0 bridgehead atoms. The highest BCUT2D eigenvalue weighted by Gasteiger charge is 2.04. The Kier molecular flexibility index (Phi) is 3.85. The van der Waals surface area contributed by atoms with Crippen molar-refractivity contribution in [2.24, 2.45) is 0 Å². The highest BCUT2D eigenvalue weighted by Crippen LogP contribution is 2.25. The molecule has 0 saturated heterocycles. The Labute approximate surface area is 130 Å². The predicted octanol–water partition coefficient (Wildman–Crippen LogP) is 4.66. The highest BCUT2D eigenvalue weighted by atomic mass is 79.9. The third-order valence-corrected chi connectivity index (χ3v) is 3.78. The molecule has 100 valence electrons. The lowest BCUT2D eigenvalue weighted by molar-refractivity contribution is 1.15. The van der Waals surface area contributed by atoms with Gasteiger partial charge in [0.15, 0.2) is 5.15 Å². The third-order valence-electron chi connectivity index (χ3n) is 3.05. The standard InChI is InChI=1S/C15H11BrClN3/c16-12-6-14(15(17)20-9-12)19-8-11-3-1-2-10-7-18-5-4-13(10)11/h1-7,9,19H,8H2. The Morgan fingerprint density at radius 3 is 3.00 bits per heavy atom. The minimum atomic E-state index is 0.468. The van der Waals surface area contributed by atoms with Crippen LogP contribution in [0.25, 0.3) is 10.8 Å². The maximum Gasteiger partial charge on any atom is 0.152 e. The van der Waals surface area contributed by atoms with Gasteiger partial charge in [-0.25, -0.2) is 4.98 Å². The fourth-order valence-electron chi connectivity index (χ4n) is 2.08. The van der Waals surface area contributed by atoms with Crippen LogP contribution in [0.1, 0.15) is 5.56 Å². The normalized spacial score (nSPS) is 10.7. The number of nitrogens with one attached hydrogen (secondary N) is 1. The van der Waals surface area contributed by atoms with Crippen molar-refractivity contribution in [1.82, 2.24) is 9.97 Å². The van der Waals surface area contributed by atoms with Gasteiger partial charge in [-0.3, -0.25) is 4.98 Å². The smallest absolute Gasteiger partial charge is 0.152 e. The summed E-state index contributed by atoms with van der Waals surface area (Å²) in [5.74, 6) is 0. The van der Waals surface area contributed by atoms with Gasteiger partial charge in [0.25, 0.3) is 0 Å². The van der Waals surface area contributed by atoms with E-state index in [1.807, 2.05) is 24.4 Å². The van der Waals surface area contributed by atoms with Crippen molar-refractivity contribution in [3.63, 3.8) is 0 Å². The van der Waals surface area contributed by atoms with Gasteiger partial charge >= 0.3 is 0 Å². The van der Waals surface area contributed by atoms with Crippen molar-refractivity contribution in [3.8, 4) is 0 Å². The van der Waals surface area contributed by atoms with Crippen LogP contribution in [0, 0.1) is 0 Å². The molecule has 0 spiro atoms. The lowest BCUT2D eigenvalue weighted by atomic mass is 10.1. The van der Waals surface area contributed by atoms with E-state index in [-0.39, 0.29) is 0 Å². The molecule has 0 unspecified atom stereocenters. The van der Waals surface area contributed by atoms with E-state index in [0.29, 0.717) is 11.7 Å². The number of rotatable bonds is 3. The van der Waals surface area contributed by atoms with E-state index in [2.05, 4.69) is 43.3 Å². The molecule has 3 aromatic rings. The van der Waals surface area contributed by atoms with E-state index in [1.54, 1.807) is 12.4 Å². The monoisotopic (exact) mass is 347 g/mol. The molecule has 3 rings (SSSR count). The van der Waals surface area contributed by atoms with Gasteiger partial charge < -0.3 is 5.32 Å². The van der Waals surface area contributed by atoms with Gasteiger partial charge in [-0.2, -0.15) is 0 Å². The molecular formula is C15H11BrClN3. The summed E-state index contributed by atoms with van der Waals surface area (Å²) in [4.78, 5) is 8.24. The minimum absolute atomic E-state index is 0.468. The van der Waals surface area contributed by atoms with Gasteiger partial charge in [0.2, 0.25) is 0 Å². The Hall–Kier alpha value is -1.65. The fourth-order valence-corrected chi connectivity index (χ4v) is 2.58. The second kappa shape index (κ2) is 5.77. The molecule has 20 heavy (non-hydrogen) atoms. The van der Waals surface area contributed by atoms with Crippen LogP contribution in [-0.4, -0.2) is 9.97 Å². The van der Waals surface area contributed by atoms with Crippen molar-refractivity contribution < 1.29 is 0 Å². The number of anilines is 1. The second-order valence-corrected chi connectivity index (χ2v) is 5.63. The van der Waals surface area contributed by atoms with Crippen LogP contribution in [0.15, 0.2) is 53.4 Å². The summed E-state index contributed by atoms with van der Waals surface area (Å²) in [5.41, 5.74) is 2.01. The van der Waals surface area contributed by atoms with E-state index in [1.165, 1.54) is 10.9 Å². The molecule has 2 aromatic heterocycles. The largest absolute Gasteiger partial charge is 0.378 e. The molecule has 3 nitrogen and oxygen atoms in total. The molecule has 2 heterocycles. The van der Waals surface area contributed by atoms with E-state index < -0.39 is 0 Å². The van der Waals surface area contributed by atoms with Gasteiger partial charge in [0, 0.05) is 35.0 Å². The molecule has 0 aliphatic carbocycles. The molecule has 5 heteroatoms. The molecule has 1 N–H and O–H groups in total. The minimum Gasteiger partial charge on any atom is -0.378 e. The molecule has 0 aliphatic heterocycles. The maximum absolute atomic E-state index is 6.08. The van der Waals surface area contributed by atoms with Gasteiger partial charge in [0.1, 0.15) is 0 Å². The average Bonchev–Trinajstić information content (AvgIpc) is 2.48. The van der Waals surface area contributed by atoms with Crippen molar-refractivity contribution in [2.75, 3.05) is 5.32 Å². The van der Waals surface area contributed by atoms with Crippen molar-refractivity contribution in [2.45, 2.75) is 6.54 Å². The summed E-state index contributed by atoms with van der Waals surface area (Å²) in [6.07, 6.45) is 5.35. The Bertz CT molecular complexity index is 756. The molecule has 0 fully saturated rings. The fraction of sp³-hybridized carbons (Fsp3) is 0.0667. The predicted molar refractivity (Wildman–Crippen MR) is 86.0 cm³/mol. The maximum atomic E-state index is 6.08. The summed E-state index contributed by atoms with van der Waals surface area (Å²) in [6, 6.07) is 10.1. The quantitative estimate of drug-likeness (QED) is 0.700. The second-order valence-electron chi connectivity index (χ2n) is 4.36. The Balaban J connectivity index is 1.89. The van der Waals surface area contributed by atoms with Crippen molar-refractivity contribution in [1.29, 1.82) is 0 Å². The van der Waals surface area contributed by atoms with Crippen LogP contribution in [-0.2, 0) is 6.54 Å². The van der Waals surface area contributed by atoms with Crippen LogP contribution in [0.5, 0.6) is 0 Å². The number of fused-ring (bicyclic) bond motifs is 1. The Morgan fingerprint density at radius 2 is 2.10 bits per heavy atom. The van der Waals surface area contributed by atoms with Crippen LogP contribution in [0.4, 0.5) is 5.69 Å². The van der Waals surface area contributed by atoms with E-state index in [4.69, 9.17) is 11.6 Å². The van der Waals surface area contributed by atoms with Crippen molar-refractivity contribution >= 4 is 44.0 Å². The zero-order valence-corrected chi connectivity index (χ0v) is 12.8. The molecule has 0 saturated carbocycles. The van der Waals surface area contributed by atoms with E-state index >= 15 is 0 Å². The lowest BCUT2D eigenvalue weighted by Gasteiger charge is -2.10. The summed E-state index contributed by atoms with van der Waals surface area (Å²) < 4.78 is 0.895. The van der Waals surface area contributed by atoms with E-state index in [0.717, 1.165) is 15.5 Å². The van der Waals surface area contributed by atoms with Crippen LogP contribution in [0.3, 0.4) is 0 Å². The van der Waals surface area contributed by atoms with Gasteiger partial charge in [-0.15, -0.1) is 0 Å². The van der Waals surface area contributed by atoms with Crippen molar-refractivity contribution in [3.05, 3.63) is 64.1 Å². The number of hydrogen-bond acceptors (Lipinski definition) is 3. The third kappa shape index (κ3) is 2.76. The van der Waals surface area contributed by atoms with Crippen LogP contribution < -0.4 is 5.32 Å². The van der Waals surface area contributed by atoms with Crippen LogP contribution in [0.2, 0.25) is 5.15 Å². The first-order chi connectivity index (χ1) is 9.74. The lowest BCUT2D eigenvalue weighted by Crippen LogP contribution is -2.01. The molecule has 0 aliphatic rings.